The number of hydrogen-bond donors (Lipinski definition) is 2. The van der Waals surface area contributed by atoms with Crippen molar-refractivity contribution in [2.24, 2.45) is 5.92 Å². The number of nitrogens with two attached hydrogens (primary N) is 1. The molecule has 1 amide bonds. The zero-order valence-electron chi connectivity index (χ0n) is 11.2. The van der Waals surface area contributed by atoms with E-state index >= 15 is 0 Å². The average Bonchev–Trinajstić information content (AvgIpc) is 2.31. The monoisotopic (exact) mass is 268 g/mol. The number of anilines is 1. The quantitative estimate of drug-likeness (QED) is 0.804. The number of amides is 1. The first-order chi connectivity index (χ1) is 8.43. The van der Waals surface area contributed by atoms with E-state index in [9.17, 15) is 4.79 Å². The molecule has 1 rings (SSSR count). The summed E-state index contributed by atoms with van der Waals surface area (Å²) >= 11 is 5.99. The van der Waals surface area contributed by atoms with Crippen LogP contribution in [0, 0.1) is 5.92 Å². The molecule has 0 spiro atoms. The lowest BCUT2D eigenvalue weighted by atomic mass is 10.00. The summed E-state index contributed by atoms with van der Waals surface area (Å²) in [6, 6.07) is 5.06. The van der Waals surface area contributed by atoms with Crippen LogP contribution >= 0.6 is 11.6 Å². The van der Waals surface area contributed by atoms with Crippen LogP contribution < -0.4 is 11.1 Å². The van der Waals surface area contributed by atoms with Crippen LogP contribution in [0.3, 0.4) is 0 Å². The fourth-order valence-electron chi connectivity index (χ4n) is 1.85. The van der Waals surface area contributed by atoms with Crippen LogP contribution in [0.2, 0.25) is 5.02 Å². The molecular weight excluding hydrogens is 248 g/mol. The van der Waals surface area contributed by atoms with Gasteiger partial charge in [-0.3, -0.25) is 4.79 Å². The molecule has 18 heavy (non-hydrogen) atoms. The summed E-state index contributed by atoms with van der Waals surface area (Å²) in [5.41, 5.74) is 6.64. The highest BCUT2D eigenvalue weighted by Crippen LogP contribution is 2.19. The number of carbonyl (C=O) groups excluding carboxylic acids is 1. The lowest BCUT2D eigenvalue weighted by Gasteiger charge is -2.18. The predicted octanol–water partition coefficient (Wildman–Crippen LogP) is 3.48. The van der Waals surface area contributed by atoms with Gasteiger partial charge in [0.25, 0.3) is 5.91 Å². The molecule has 0 saturated heterocycles. The topological polar surface area (TPSA) is 55.1 Å². The Labute approximate surface area is 114 Å². The van der Waals surface area contributed by atoms with Gasteiger partial charge in [0.1, 0.15) is 0 Å². The van der Waals surface area contributed by atoms with Gasteiger partial charge in [-0.15, -0.1) is 0 Å². The first kappa shape index (κ1) is 14.8. The maximum absolute atomic E-state index is 12.0. The Balaban J connectivity index is 2.67. The molecule has 3 nitrogen and oxygen atoms in total. The number of carbonyl (C=O) groups is 1. The van der Waals surface area contributed by atoms with E-state index in [4.69, 9.17) is 17.3 Å². The highest BCUT2D eigenvalue weighted by Gasteiger charge is 2.14. The number of hydrogen-bond acceptors (Lipinski definition) is 2. The molecule has 0 aliphatic rings. The normalized spacial score (nSPS) is 14.0. The fraction of sp³-hybridized carbons (Fsp3) is 0.500. The van der Waals surface area contributed by atoms with Gasteiger partial charge in [-0.25, -0.2) is 0 Å². The van der Waals surface area contributed by atoms with Gasteiger partial charge in [0.05, 0.1) is 10.6 Å². The molecule has 0 bridgehead atoms. The molecule has 0 aromatic heterocycles. The molecule has 0 aliphatic carbocycles. The Hall–Kier alpha value is -1.22. The van der Waals surface area contributed by atoms with Crippen molar-refractivity contribution < 1.29 is 4.79 Å². The van der Waals surface area contributed by atoms with E-state index < -0.39 is 0 Å². The van der Waals surface area contributed by atoms with Crippen molar-refractivity contribution in [1.82, 2.24) is 5.32 Å². The van der Waals surface area contributed by atoms with Gasteiger partial charge in [0, 0.05) is 11.7 Å². The molecule has 0 fully saturated rings. The van der Waals surface area contributed by atoms with Crippen LogP contribution in [0.1, 0.15) is 44.0 Å². The maximum Gasteiger partial charge on any atom is 0.253 e. The largest absolute Gasteiger partial charge is 0.399 e. The smallest absolute Gasteiger partial charge is 0.253 e. The lowest BCUT2D eigenvalue weighted by Crippen LogP contribution is -2.33. The van der Waals surface area contributed by atoms with E-state index in [0.29, 0.717) is 22.2 Å². The van der Waals surface area contributed by atoms with E-state index in [2.05, 4.69) is 19.2 Å². The molecule has 1 aromatic rings. The van der Waals surface area contributed by atoms with Gasteiger partial charge >= 0.3 is 0 Å². The zero-order chi connectivity index (χ0) is 13.7. The Morgan fingerprint density at radius 2 is 2.11 bits per heavy atom. The third-order valence-corrected chi connectivity index (χ3v) is 3.39. The Morgan fingerprint density at radius 1 is 1.44 bits per heavy atom. The number of nitrogen functional groups attached to an aromatic ring is 1. The molecule has 3 N–H and O–H groups in total. The molecule has 1 aromatic carbocycles. The number of nitrogens with one attached hydrogen (secondary N) is 1. The Morgan fingerprint density at radius 3 is 2.72 bits per heavy atom. The molecule has 100 valence electrons. The maximum atomic E-state index is 12.0. The minimum absolute atomic E-state index is 0.130. The zero-order valence-corrected chi connectivity index (χ0v) is 11.9. The summed E-state index contributed by atoms with van der Waals surface area (Å²) in [5.74, 6) is 0.430. The first-order valence-corrected chi connectivity index (χ1v) is 6.67. The SMILES string of the molecule is CCC(C)CC(C)NC(=O)c1cc(N)ccc1Cl. The average molecular weight is 269 g/mol. The third kappa shape index (κ3) is 4.22. The summed E-state index contributed by atoms with van der Waals surface area (Å²) in [7, 11) is 0. The van der Waals surface area contributed by atoms with Crippen LogP contribution in [-0.4, -0.2) is 11.9 Å². The summed E-state index contributed by atoms with van der Waals surface area (Å²) < 4.78 is 0. The van der Waals surface area contributed by atoms with Crippen molar-refractivity contribution in [3.63, 3.8) is 0 Å². The second kappa shape index (κ2) is 6.64. The highest BCUT2D eigenvalue weighted by atomic mass is 35.5. The highest BCUT2D eigenvalue weighted by molar-refractivity contribution is 6.34. The molecule has 0 heterocycles. The van der Waals surface area contributed by atoms with Gasteiger partial charge in [0.2, 0.25) is 0 Å². The molecule has 2 unspecified atom stereocenters. The van der Waals surface area contributed by atoms with Crippen molar-refractivity contribution in [3.05, 3.63) is 28.8 Å². The van der Waals surface area contributed by atoms with E-state index in [-0.39, 0.29) is 11.9 Å². The van der Waals surface area contributed by atoms with Crippen molar-refractivity contribution in [1.29, 1.82) is 0 Å². The van der Waals surface area contributed by atoms with Crippen LogP contribution in [0.4, 0.5) is 5.69 Å². The van der Waals surface area contributed by atoms with Gasteiger partial charge in [-0.1, -0.05) is 31.9 Å². The van der Waals surface area contributed by atoms with E-state index in [1.165, 1.54) is 0 Å². The number of rotatable bonds is 5. The van der Waals surface area contributed by atoms with Crippen molar-refractivity contribution in [2.75, 3.05) is 5.73 Å². The van der Waals surface area contributed by atoms with Crippen molar-refractivity contribution >= 4 is 23.2 Å². The summed E-state index contributed by atoms with van der Waals surface area (Å²) in [5, 5.41) is 3.38. The number of halogens is 1. The minimum atomic E-state index is -0.164. The summed E-state index contributed by atoms with van der Waals surface area (Å²) in [4.78, 5) is 12.0. The lowest BCUT2D eigenvalue weighted by molar-refractivity contribution is 0.0935. The summed E-state index contributed by atoms with van der Waals surface area (Å²) in [6.07, 6.45) is 2.07. The van der Waals surface area contributed by atoms with Gasteiger partial charge in [-0.05, 0) is 37.5 Å². The summed E-state index contributed by atoms with van der Waals surface area (Å²) in [6.45, 7) is 6.33. The fourth-order valence-corrected chi connectivity index (χ4v) is 2.05. The molecule has 0 saturated carbocycles. The Kier molecular flexibility index (Phi) is 5.48. The molecule has 0 radical (unpaired) electrons. The second-order valence-electron chi connectivity index (χ2n) is 4.86. The van der Waals surface area contributed by atoms with Crippen molar-refractivity contribution in [3.8, 4) is 0 Å². The molecule has 4 heteroatoms. The second-order valence-corrected chi connectivity index (χ2v) is 5.27. The minimum Gasteiger partial charge on any atom is -0.399 e. The molecule has 0 aliphatic heterocycles. The first-order valence-electron chi connectivity index (χ1n) is 6.30. The van der Waals surface area contributed by atoms with Crippen LogP contribution in [-0.2, 0) is 0 Å². The number of benzene rings is 1. The van der Waals surface area contributed by atoms with Gasteiger partial charge in [0.15, 0.2) is 0 Å². The van der Waals surface area contributed by atoms with Crippen LogP contribution in [0.25, 0.3) is 0 Å². The van der Waals surface area contributed by atoms with Crippen LogP contribution in [0.5, 0.6) is 0 Å². The van der Waals surface area contributed by atoms with Crippen LogP contribution in [0.15, 0.2) is 18.2 Å². The van der Waals surface area contributed by atoms with E-state index in [1.54, 1.807) is 18.2 Å². The van der Waals surface area contributed by atoms with E-state index in [0.717, 1.165) is 12.8 Å². The van der Waals surface area contributed by atoms with Crippen molar-refractivity contribution in [2.45, 2.75) is 39.7 Å². The van der Waals surface area contributed by atoms with E-state index in [1.807, 2.05) is 6.92 Å². The Bertz CT molecular complexity index is 420. The predicted molar refractivity (Wildman–Crippen MR) is 76.9 cm³/mol. The van der Waals surface area contributed by atoms with Gasteiger partial charge in [-0.2, -0.15) is 0 Å². The standard InChI is InChI=1S/C14H21ClN2O/c1-4-9(2)7-10(3)17-14(18)12-8-11(16)5-6-13(12)15/h5-6,8-10H,4,7,16H2,1-3H3,(H,17,18). The molecular formula is C14H21ClN2O. The third-order valence-electron chi connectivity index (χ3n) is 3.07. The van der Waals surface area contributed by atoms with Gasteiger partial charge < -0.3 is 11.1 Å². The molecule has 2 atom stereocenters.